The molecule has 0 aromatic heterocycles. The van der Waals surface area contributed by atoms with Gasteiger partial charge in [0.1, 0.15) is 5.82 Å². The van der Waals surface area contributed by atoms with E-state index in [-0.39, 0.29) is 24.3 Å². The van der Waals surface area contributed by atoms with Crippen LogP contribution in [-0.2, 0) is 4.79 Å². The summed E-state index contributed by atoms with van der Waals surface area (Å²) >= 11 is 0. The van der Waals surface area contributed by atoms with Crippen LogP contribution in [0.15, 0.2) is 48.5 Å². The molecule has 3 nitrogen and oxygen atoms in total. The molecule has 0 spiro atoms. The predicted octanol–water partition coefficient (Wildman–Crippen LogP) is 2.48. The predicted molar refractivity (Wildman–Crippen MR) is 76.1 cm³/mol. The fraction of sp³-hybridized carbons (Fsp3) is 0.188. The number of halogens is 1. The summed E-state index contributed by atoms with van der Waals surface area (Å²) in [6, 6.07) is 14.0. The van der Waals surface area contributed by atoms with Gasteiger partial charge in [0.05, 0.1) is 12.6 Å². The maximum Gasteiger partial charge on any atom is 0.240 e. The molecule has 4 heteroatoms. The van der Waals surface area contributed by atoms with Crippen LogP contribution in [0.1, 0.15) is 17.2 Å². The number of fused-ring (bicyclic) bond motifs is 1. The molecule has 0 radical (unpaired) electrons. The van der Waals surface area contributed by atoms with E-state index in [0.717, 1.165) is 16.8 Å². The second kappa shape index (κ2) is 5.06. The van der Waals surface area contributed by atoms with Gasteiger partial charge < -0.3 is 4.90 Å². The fourth-order valence-corrected chi connectivity index (χ4v) is 2.57. The van der Waals surface area contributed by atoms with Gasteiger partial charge in [0, 0.05) is 12.7 Å². The normalized spacial score (nSPS) is 18.6. The van der Waals surface area contributed by atoms with Gasteiger partial charge in [-0.3, -0.25) is 10.1 Å². The topological polar surface area (TPSA) is 32.3 Å². The van der Waals surface area contributed by atoms with Crippen LogP contribution >= 0.6 is 0 Å². The molecule has 0 fully saturated rings. The van der Waals surface area contributed by atoms with Gasteiger partial charge >= 0.3 is 0 Å². The number of hydrogen-bond acceptors (Lipinski definition) is 2. The lowest BCUT2D eigenvalue weighted by Gasteiger charge is -2.20. The first-order valence-electron chi connectivity index (χ1n) is 6.51. The molecule has 1 N–H and O–H groups in total. The summed E-state index contributed by atoms with van der Waals surface area (Å²) in [6.45, 7) is 0.229. The molecule has 1 atom stereocenters. The van der Waals surface area contributed by atoms with E-state index < -0.39 is 0 Å². The second-order valence-electron chi connectivity index (χ2n) is 4.88. The van der Waals surface area contributed by atoms with Crippen molar-refractivity contribution in [3.8, 4) is 0 Å². The Morgan fingerprint density at radius 1 is 1.20 bits per heavy atom. The number of hydrogen-bond donors (Lipinski definition) is 1. The van der Waals surface area contributed by atoms with Gasteiger partial charge in [-0.1, -0.05) is 30.3 Å². The number of rotatable bonds is 1. The van der Waals surface area contributed by atoms with Crippen LogP contribution in [0.3, 0.4) is 0 Å². The Labute approximate surface area is 117 Å². The molecule has 0 aliphatic carbocycles. The van der Waals surface area contributed by atoms with Crippen molar-refractivity contribution < 1.29 is 9.18 Å². The highest BCUT2D eigenvalue weighted by atomic mass is 19.1. The molecule has 0 saturated carbocycles. The van der Waals surface area contributed by atoms with E-state index >= 15 is 0 Å². The lowest BCUT2D eigenvalue weighted by molar-refractivity contribution is -0.117. The SMILES string of the molecule is CN1C(=O)CNC(c2cccc(F)c2)c2ccccc21. The van der Waals surface area contributed by atoms with Gasteiger partial charge in [-0.05, 0) is 29.3 Å². The van der Waals surface area contributed by atoms with Crippen molar-refractivity contribution in [2.75, 3.05) is 18.5 Å². The van der Waals surface area contributed by atoms with Crippen LogP contribution in [0.4, 0.5) is 10.1 Å². The monoisotopic (exact) mass is 270 g/mol. The van der Waals surface area contributed by atoms with Crippen LogP contribution in [0, 0.1) is 5.82 Å². The summed E-state index contributed by atoms with van der Waals surface area (Å²) in [4.78, 5) is 13.7. The van der Waals surface area contributed by atoms with E-state index in [9.17, 15) is 9.18 Å². The summed E-state index contributed by atoms with van der Waals surface area (Å²) < 4.78 is 13.4. The highest BCUT2D eigenvalue weighted by molar-refractivity contribution is 5.96. The summed E-state index contributed by atoms with van der Waals surface area (Å²) in [5.41, 5.74) is 2.66. The molecule has 1 heterocycles. The maximum atomic E-state index is 13.4. The number of para-hydroxylation sites is 1. The molecule has 1 unspecified atom stereocenters. The number of benzene rings is 2. The largest absolute Gasteiger partial charge is 0.314 e. The van der Waals surface area contributed by atoms with E-state index in [1.165, 1.54) is 12.1 Å². The zero-order valence-electron chi connectivity index (χ0n) is 11.1. The number of amides is 1. The van der Waals surface area contributed by atoms with E-state index in [4.69, 9.17) is 0 Å². The first kappa shape index (κ1) is 12.8. The highest BCUT2D eigenvalue weighted by Gasteiger charge is 2.26. The number of nitrogens with one attached hydrogen (secondary N) is 1. The van der Waals surface area contributed by atoms with Crippen molar-refractivity contribution in [2.24, 2.45) is 0 Å². The zero-order valence-corrected chi connectivity index (χ0v) is 11.1. The minimum Gasteiger partial charge on any atom is -0.314 e. The van der Waals surface area contributed by atoms with E-state index in [1.807, 2.05) is 30.3 Å². The molecule has 3 rings (SSSR count). The molecule has 2 aromatic carbocycles. The first-order chi connectivity index (χ1) is 9.66. The van der Waals surface area contributed by atoms with Crippen molar-refractivity contribution in [2.45, 2.75) is 6.04 Å². The molecule has 20 heavy (non-hydrogen) atoms. The Morgan fingerprint density at radius 2 is 2.00 bits per heavy atom. The standard InChI is InChI=1S/C16H15FN2O/c1-19-14-8-3-2-7-13(14)16(18-10-15(19)20)11-5-4-6-12(17)9-11/h2-9,16,18H,10H2,1H3. The van der Waals surface area contributed by atoms with E-state index in [0.29, 0.717) is 0 Å². The lowest BCUT2D eigenvalue weighted by atomic mass is 9.97. The van der Waals surface area contributed by atoms with Crippen LogP contribution in [0.25, 0.3) is 0 Å². The van der Waals surface area contributed by atoms with Crippen LogP contribution in [0.2, 0.25) is 0 Å². The summed E-state index contributed by atoms with van der Waals surface area (Å²) in [5, 5.41) is 3.20. The minimum atomic E-state index is -0.272. The average molecular weight is 270 g/mol. The Morgan fingerprint density at radius 3 is 2.80 bits per heavy atom. The number of likely N-dealkylation sites (N-methyl/N-ethyl adjacent to an activating group) is 1. The van der Waals surface area contributed by atoms with Crippen LogP contribution < -0.4 is 10.2 Å². The number of carbonyl (C=O) groups excluding carboxylic acids is 1. The summed E-state index contributed by atoms with van der Waals surface area (Å²) in [7, 11) is 1.76. The summed E-state index contributed by atoms with van der Waals surface area (Å²) in [6.07, 6.45) is 0. The van der Waals surface area contributed by atoms with Crippen molar-refractivity contribution in [1.29, 1.82) is 0 Å². The van der Waals surface area contributed by atoms with E-state index in [1.54, 1.807) is 18.0 Å². The van der Waals surface area contributed by atoms with E-state index in [2.05, 4.69) is 5.32 Å². The fourth-order valence-electron chi connectivity index (χ4n) is 2.57. The third-order valence-corrected chi connectivity index (χ3v) is 3.62. The molecule has 0 saturated heterocycles. The number of nitrogens with zero attached hydrogens (tertiary/aromatic N) is 1. The smallest absolute Gasteiger partial charge is 0.240 e. The number of anilines is 1. The second-order valence-corrected chi connectivity index (χ2v) is 4.88. The Kier molecular flexibility index (Phi) is 3.24. The van der Waals surface area contributed by atoms with Crippen molar-refractivity contribution >= 4 is 11.6 Å². The Bertz CT molecular complexity index is 656. The molecular formula is C16H15FN2O. The molecule has 2 aromatic rings. The third-order valence-electron chi connectivity index (χ3n) is 3.62. The lowest BCUT2D eigenvalue weighted by Crippen LogP contribution is -2.33. The highest BCUT2D eigenvalue weighted by Crippen LogP contribution is 2.32. The van der Waals surface area contributed by atoms with Gasteiger partial charge in [-0.2, -0.15) is 0 Å². The molecular weight excluding hydrogens is 255 g/mol. The van der Waals surface area contributed by atoms with Crippen LogP contribution in [-0.4, -0.2) is 19.5 Å². The molecule has 1 aliphatic heterocycles. The quantitative estimate of drug-likeness (QED) is 0.863. The van der Waals surface area contributed by atoms with Crippen molar-refractivity contribution in [1.82, 2.24) is 5.32 Å². The van der Waals surface area contributed by atoms with Gasteiger partial charge in [0.2, 0.25) is 5.91 Å². The van der Waals surface area contributed by atoms with Gasteiger partial charge in [-0.25, -0.2) is 4.39 Å². The van der Waals surface area contributed by atoms with Crippen LogP contribution in [0.5, 0.6) is 0 Å². The molecule has 102 valence electrons. The average Bonchev–Trinajstić information content (AvgIpc) is 2.58. The van der Waals surface area contributed by atoms with Gasteiger partial charge in [0.15, 0.2) is 0 Å². The summed E-state index contributed by atoms with van der Waals surface area (Å²) in [5.74, 6) is -0.276. The Balaban J connectivity index is 2.12. The zero-order chi connectivity index (χ0) is 14.1. The van der Waals surface area contributed by atoms with Crippen molar-refractivity contribution in [3.63, 3.8) is 0 Å². The third kappa shape index (κ3) is 2.18. The minimum absolute atomic E-state index is 0.00338. The van der Waals surface area contributed by atoms with Crippen molar-refractivity contribution in [3.05, 3.63) is 65.5 Å². The molecule has 1 amide bonds. The van der Waals surface area contributed by atoms with Gasteiger partial charge in [0.25, 0.3) is 0 Å². The first-order valence-corrected chi connectivity index (χ1v) is 6.51. The maximum absolute atomic E-state index is 13.4. The molecule has 0 bridgehead atoms. The van der Waals surface area contributed by atoms with Gasteiger partial charge in [-0.15, -0.1) is 0 Å². The Hall–Kier alpha value is -2.20. The number of carbonyl (C=O) groups is 1. The molecule has 1 aliphatic rings.